The number of piperidine rings is 1. The van der Waals surface area contributed by atoms with E-state index in [1.807, 2.05) is 78.8 Å². The van der Waals surface area contributed by atoms with Crippen molar-refractivity contribution in [2.24, 2.45) is 10.8 Å². The molecule has 2 fully saturated rings. The maximum absolute atomic E-state index is 13.3. The highest BCUT2D eigenvalue weighted by molar-refractivity contribution is 5.84. The van der Waals surface area contributed by atoms with Crippen LogP contribution in [0.4, 0.5) is 9.59 Å². The first-order valence-electron chi connectivity index (χ1n) is 12.7. The number of benzene rings is 1. The van der Waals surface area contributed by atoms with Gasteiger partial charge in [-0.15, -0.1) is 0 Å². The van der Waals surface area contributed by atoms with E-state index >= 15 is 0 Å². The second-order valence-corrected chi connectivity index (χ2v) is 11.9. The molecular weight excluding hydrogens is 448 g/mol. The number of carbonyl (C=O) groups excluding carboxylic acids is 3. The lowest BCUT2D eigenvalue weighted by Gasteiger charge is -2.42. The predicted molar refractivity (Wildman–Crippen MR) is 131 cm³/mol. The van der Waals surface area contributed by atoms with Gasteiger partial charge in [0.15, 0.2) is 6.23 Å². The van der Waals surface area contributed by atoms with Gasteiger partial charge >= 0.3 is 18.2 Å². The quantitative estimate of drug-likeness (QED) is 0.419. The number of hydrogen-bond donors (Lipinski definition) is 0. The maximum Gasteiger partial charge on any atom is 0.413 e. The zero-order chi connectivity index (χ0) is 26.9. The zero-order valence-electron chi connectivity index (χ0n) is 23.1. The van der Waals surface area contributed by atoms with E-state index in [-0.39, 0.29) is 19.1 Å². The largest absolute Gasteiger partial charge is 0.444 e. The van der Waals surface area contributed by atoms with Crippen LogP contribution in [0.3, 0.4) is 0 Å². The summed E-state index contributed by atoms with van der Waals surface area (Å²) >= 11 is 0. The molecular formula is C27H40N2O6. The molecule has 8 heteroatoms. The molecule has 0 aromatic heterocycles. The first-order chi connectivity index (χ1) is 16.5. The van der Waals surface area contributed by atoms with Crippen molar-refractivity contribution in [2.45, 2.75) is 92.2 Å². The van der Waals surface area contributed by atoms with Crippen LogP contribution in [0.25, 0.3) is 0 Å². The van der Waals surface area contributed by atoms with Crippen LogP contribution in [-0.2, 0) is 25.6 Å². The van der Waals surface area contributed by atoms with Gasteiger partial charge in [0.1, 0.15) is 18.2 Å². The Kier molecular flexibility index (Phi) is 7.29. The van der Waals surface area contributed by atoms with E-state index in [4.69, 9.17) is 14.2 Å². The molecule has 0 unspecified atom stereocenters. The van der Waals surface area contributed by atoms with Gasteiger partial charge in [-0.3, -0.25) is 4.90 Å². The summed E-state index contributed by atoms with van der Waals surface area (Å²) in [7, 11) is 0. The molecule has 2 aliphatic rings. The number of likely N-dealkylation sites (tertiary alicyclic amines) is 1. The minimum absolute atomic E-state index is 0.0272. The summed E-state index contributed by atoms with van der Waals surface area (Å²) in [5, 5.41) is 0. The number of rotatable bonds is 4. The van der Waals surface area contributed by atoms with Gasteiger partial charge in [0.25, 0.3) is 0 Å². The molecule has 8 nitrogen and oxygen atoms in total. The third-order valence-electron chi connectivity index (χ3n) is 6.34. The van der Waals surface area contributed by atoms with Crippen LogP contribution in [0.2, 0.25) is 0 Å². The lowest BCUT2D eigenvalue weighted by atomic mass is 9.75. The molecule has 2 heterocycles. The molecule has 2 atom stereocenters. The molecule has 2 aliphatic heterocycles. The average molecular weight is 490 g/mol. The summed E-state index contributed by atoms with van der Waals surface area (Å²) in [5.74, 6) is -0.755. The van der Waals surface area contributed by atoms with Crippen molar-refractivity contribution in [3.8, 4) is 0 Å². The van der Waals surface area contributed by atoms with Gasteiger partial charge in [-0.05, 0) is 51.0 Å². The number of amides is 2. The monoisotopic (exact) mass is 489 g/mol. The van der Waals surface area contributed by atoms with E-state index in [2.05, 4.69) is 0 Å². The van der Waals surface area contributed by atoms with Crippen LogP contribution in [0.15, 0.2) is 30.3 Å². The lowest BCUT2D eigenvalue weighted by Crippen LogP contribution is -2.51. The summed E-state index contributed by atoms with van der Waals surface area (Å²) in [6, 6.07) is 7.32. The summed E-state index contributed by atoms with van der Waals surface area (Å²) < 4.78 is 25.9. The first-order valence-corrected chi connectivity index (χ1v) is 12.2. The number of cyclic esters (lactones) is 1. The Bertz CT molecular complexity index is 963. The average Bonchev–Trinajstić information content (AvgIpc) is 3.02. The molecule has 194 valence electrons. The van der Waals surface area contributed by atoms with Crippen molar-refractivity contribution in [2.75, 3.05) is 13.1 Å². The van der Waals surface area contributed by atoms with Crippen LogP contribution in [0.1, 0.15) is 74.7 Å². The van der Waals surface area contributed by atoms with E-state index in [0.717, 1.165) is 5.56 Å². The van der Waals surface area contributed by atoms with Crippen LogP contribution < -0.4 is 0 Å². The summed E-state index contributed by atoms with van der Waals surface area (Å²) in [6.45, 7) is 13.9. The summed E-state index contributed by atoms with van der Waals surface area (Å²) in [5.41, 5.74) is -0.865. The van der Waals surface area contributed by atoms with Crippen molar-refractivity contribution in [1.82, 2.24) is 9.80 Å². The van der Waals surface area contributed by atoms with Crippen LogP contribution >= 0.6 is 0 Å². The topological polar surface area (TPSA) is 85.4 Å². The van der Waals surface area contributed by atoms with Gasteiger partial charge in [0, 0.05) is 18.5 Å². The standard InChI is InChI=1S/C27H40N2O6/c1-25(2,3)22-29(24(32)33-18-19-11-9-8-10-12-19)20(21(30)34-22)17-27(7)13-15-28(16-14-27)23(31)35-26(4,5)6/h8-12,20,22H,13-18H2,1-7H3/t20-,22-/m0/s1/i20D. The molecule has 35 heavy (non-hydrogen) atoms. The minimum atomic E-state index is -1.94. The normalized spacial score (nSPS) is 25.1. The third kappa shape index (κ3) is 6.89. The third-order valence-corrected chi connectivity index (χ3v) is 6.34. The fourth-order valence-electron chi connectivity index (χ4n) is 4.31. The van der Waals surface area contributed by atoms with E-state index in [1.165, 1.54) is 4.90 Å². The lowest BCUT2D eigenvalue weighted by molar-refractivity contribution is -0.147. The van der Waals surface area contributed by atoms with Crippen molar-refractivity contribution >= 4 is 18.2 Å². The Balaban J connectivity index is 1.77. The number of esters is 1. The van der Waals surface area contributed by atoms with E-state index in [9.17, 15) is 15.8 Å². The predicted octanol–water partition coefficient (Wildman–Crippen LogP) is 5.35. The molecule has 0 spiro atoms. The second-order valence-electron chi connectivity index (χ2n) is 11.9. The number of hydrogen-bond acceptors (Lipinski definition) is 6. The Labute approximate surface area is 210 Å². The first kappa shape index (κ1) is 25.3. The molecule has 0 bridgehead atoms. The number of carbonyl (C=O) groups is 3. The molecule has 0 saturated carbocycles. The van der Waals surface area contributed by atoms with Gasteiger partial charge in [-0.2, -0.15) is 0 Å². The molecule has 1 aromatic carbocycles. The number of ether oxygens (including phenoxy) is 3. The smallest absolute Gasteiger partial charge is 0.413 e. The Morgan fingerprint density at radius 3 is 2.23 bits per heavy atom. The van der Waals surface area contributed by atoms with E-state index in [1.54, 1.807) is 4.90 Å². The van der Waals surface area contributed by atoms with Crippen molar-refractivity contribution in [3.05, 3.63) is 35.9 Å². The van der Waals surface area contributed by atoms with E-state index < -0.39 is 40.7 Å². The SMILES string of the molecule is [2H][C@]1(CC2(C)CCN(C(=O)OC(C)(C)C)CC2)C(=O)O[C@@H](C(C)(C)C)N1C(=O)OCc1ccccc1. The summed E-state index contributed by atoms with van der Waals surface area (Å²) in [4.78, 5) is 41.8. The molecule has 3 rings (SSSR count). The minimum Gasteiger partial charge on any atom is -0.444 e. The molecule has 0 radical (unpaired) electrons. The van der Waals surface area contributed by atoms with Crippen LogP contribution in [0, 0.1) is 10.8 Å². The van der Waals surface area contributed by atoms with Crippen LogP contribution in [-0.4, -0.2) is 58.9 Å². The fourth-order valence-corrected chi connectivity index (χ4v) is 4.31. The Hall–Kier alpha value is -2.77. The Morgan fingerprint density at radius 2 is 1.69 bits per heavy atom. The van der Waals surface area contributed by atoms with Gasteiger partial charge in [-0.1, -0.05) is 58.0 Å². The Morgan fingerprint density at radius 1 is 1.09 bits per heavy atom. The molecule has 0 aliphatic carbocycles. The highest BCUT2D eigenvalue weighted by atomic mass is 16.6. The highest BCUT2D eigenvalue weighted by Crippen LogP contribution is 2.42. The second kappa shape index (κ2) is 10.1. The maximum atomic E-state index is 13.3. The fraction of sp³-hybridized carbons (Fsp3) is 0.667. The van der Waals surface area contributed by atoms with Gasteiger partial charge in [0.2, 0.25) is 0 Å². The zero-order valence-corrected chi connectivity index (χ0v) is 22.1. The van der Waals surface area contributed by atoms with Crippen molar-refractivity contribution in [3.63, 3.8) is 0 Å². The van der Waals surface area contributed by atoms with E-state index in [0.29, 0.717) is 25.9 Å². The van der Waals surface area contributed by atoms with Gasteiger partial charge < -0.3 is 19.1 Å². The highest BCUT2D eigenvalue weighted by Gasteiger charge is 2.52. The van der Waals surface area contributed by atoms with Crippen LogP contribution in [0.5, 0.6) is 0 Å². The summed E-state index contributed by atoms with van der Waals surface area (Å²) in [6.07, 6.45) is -0.857. The molecule has 2 saturated heterocycles. The molecule has 1 aromatic rings. The van der Waals surface area contributed by atoms with Crippen molar-refractivity contribution < 1.29 is 30.0 Å². The molecule has 0 N–H and O–H groups in total. The van der Waals surface area contributed by atoms with Crippen molar-refractivity contribution in [1.29, 1.82) is 0 Å². The number of nitrogens with zero attached hydrogens (tertiary/aromatic N) is 2. The molecule has 2 amide bonds. The van der Waals surface area contributed by atoms with Gasteiger partial charge in [0.05, 0.1) is 1.37 Å². The van der Waals surface area contributed by atoms with Gasteiger partial charge in [-0.25, -0.2) is 14.4 Å².